The van der Waals surface area contributed by atoms with E-state index in [1.54, 1.807) is 6.07 Å². The van der Waals surface area contributed by atoms with Gasteiger partial charge in [-0.05, 0) is 5.56 Å². The van der Waals surface area contributed by atoms with E-state index in [0.29, 0.717) is 0 Å². The van der Waals surface area contributed by atoms with Crippen molar-refractivity contribution in [1.29, 1.82) is 0 Å². The van der Waals surface area contributed by atoms with Crippen molar-refractivity contribution in [3.63, 3.8) is 0 Å². The molecular formula is C9H12O7S2. The Morgan fingerprint density at radius 1 is 0.944 bits per heavy atom. The molecule has 7 nitrogen and oxygen atoms in total. The van der Waals surface area contributed by atoms with Gasteiger partial charge in [0.05, 0.1) is 0 Å². The molecule has 0 radical (unpaired) electrons. The molecule has 1 rings (SSSR count). The molecule has 3 N–H and O–H groups in total. The van der Waals surface area contributed by atoms with Crippen LogP contribution >= 0.6 is 0 Å². The Bertz CT molecular complexity index is 591. The van der Waals surface area contributed by atoms with Gasteiger partial charge in [-0.3, -0.25) is 9.11 Å². The lowest BCUT2D eigenvalue weighted by Crippen LogP contribution is -2.25. The van der Waals surface area contributed by atoms with Crippen molar-refractivity contribution in [2.75, 3.05) is 0 Å². The summed E-state index contributed by atoms with van der Waals surface area (Å²) < 4.78 is 61.3. The van der Waals surface area contributed by atoms with E-state index in [1.807, 2.05) is 0 Å². The summed E-state index contributed by atoms with van der Waals surface area (Å²) in [5, 5.41) is 7.54. The zero-order valence-corrected chi connectivity index (χ0v) is 10.7. The molecule has 9 heteroatoms. The zero-order valence-electron chi connectivity index (χ0n) is 9.04. The third-order valence-corrected chi connectivity index (χ3v) is 4.35. The number of aliphatic hydroxyl groups is 1. The predicted molar refractivity (Wildman–Crippen MR) is 62.9 cm³/mol. The van der Waals surface area contributed by atoms with Gasteiger partial charge >= 0.3 is 0 Å². The van der Waals surface area contributed by atoms with Crippen LogP contribution in [0.4, 0.5) is 0 Å². The SMILES string of the molecule is O=S(=O)(O)[C@H](C[C@H](O)S(=O)(=O)O)c1ccccc1. The minimum absolute atomic E-state index is 0.114. The molecule has 0 fully saturated rings. The number of benzene rings is 1. The molecule has 0 aliphatic rings. The van der Waals surface area contributed by atoms with Crippen LogP contribution < -0.4 is 0 Å². The number of hydrogen-bond acceptors (Lipinski definition) is 5. The first-order valence-electron chi connectivity index (χ1n) is 4.78. The van der Waals surface area contributed by atoms with Gasteiger partial charge in [-0.15, -0.1) is 0 Å². The first-order valence-corrected chi connectivity index (χ1v) is 7.78. The van der Waals surface area contributed by atoms with E-state index >= 15 is 0 Å². The molecule has 0 bridgehead atoms. The highest BCUT2D eigenvalue weighted by molar-refractivity contribution is 7.87. The highest BCUT2D eigenvalue weighted by Gasteiger charge is 2.32. The maximum atomic E-state index is 11.2. The number of hydrogen-bond donors (Lipinski definition) is 3. The van der Waals surface area contributed by atoms with E-state index in [0.717, 1.165) is 0 Å². The fourth-order valence-electron chi connectivity index (χ4n) is 1.40. The quantitative estimate of drug-likeness (QED) is 0.662. The van der Waals surface area contributed by atoms with Crippen molar-refractivity contribution in [3.8, 4) is 0 Å². The Kier molecular flexibility index (Phi) is 4.46. The van der Waals surface area contributed by atoms with Gasteiger partial charge in [0.2, 0.25) is 0 Å². The average Bonchev–Trinajstić information content (AvgIpc) is 2.23. The number of aliphatic hydroxyl groups excluding tert-OH is 1. The molecule has 2 atom stereocenters. The van der Waals surface area contributed by atoms with Gasteiger partial charge in [-0.2, -0.15) is 16.8 Å². The van der Waals surface area contributed by atoms with Crippen LogP contribution in [0.25, 0.3) is 0 Å². The van der Waals surface area contributed by atoms with Gasteiger partial charge in [0, 0.05) is 6.42 Å². The summed E-state index contributed by atoms with van der Waals surface area (Å²) in [6.45, 7) is 0. The molecule has 0 heterocycles. The lowest BCUT2D eigenvalue weighted by molar-refractivity contribution is 0.220. The summed E-state index contributed by atoms with van der Waals surface area (Å²) >= 11 is 0. The smallest absolute Gasteiger partial charge is 0.292 e. The fourth-order valence-corrected chi connectivity index (χ4v) is 2.89. The van der Waals surface area contributed by atoms with Crippen LogP contribution in [-0.2, 0) is 20.2 Å². The highest BCUT2D eigenvalue weighted by atomic mass is 32.2. The van der Waals surface area contributed by atoms with Gasteiger partial charge in [0.1, 0.15) is 5.25 Å². The van der Waals surface area contributed by atoms with Crippen LogP contribution in [-0.4, -0.2) is 36.5 Å². The Labute approximate surface area is 105 Å². The monoisotopic (exact) mass is 296 g/mol. The van der Waals surface area contributed by atoms with E-state index in [1.165, 1.54) is 24.3 Å². The molecule has 0 spiro atoms. The molecule has 0 saturated heterocycles. The highest BCUT2D eigenvalue weighted by Crippen LogP contribution is 2.27. The molecule has 0 saturated carbocycles. The lowest BCUT2D eigenvalue weighted by Gasteiger charge is -2.16. The second-order valence-corrected chi connectivity index (χ2v) is 6.79. The van der Waals surface area contributed by atoms with Crippen LogP contribution in [0.15, 0.2) is 30.3 Å². The predicted octanol–water partition coefficient (Wildman–Crippen LogP) is 0.212. The molecule has 1 aromatic carbocycles. The zero-order chi connectivity index (χ0) is 14.0. The summed E-state index contributed by atoms with van der Waals surface area (Å²) in [4.78, 5) is 0. The van der Waals surface area contributed by atoms with Crippen molar-refractivity contribution >= 4 is 20.2 Å². The summed E-state index contributed by atoms with van der Waals surface area (Å²) in [5.74, 6) is 0. The van der Waals surface area contributed by atoms with Gasteiger partial charge < -0.3 is 5.11 Å². The second kappa shape index (κ2) is 5.33. The molecule has 0 unspecified atom stereocenters. The van der Waals surface area contributed by atoms with Crippen LogP contribution in [0.1, 0.15) is 17.2 Å². The molecule has 0 aliphatic heterocycles. The lowest BCUT2D eigenvalue weighted by atomic mass is 10.1. The molecule has 1 aromatic rings. The first-order chi connectivity index (χ1) is 8.12. The summed E-state index contributed by atoms with van der Waals surface area (Å²) in [6, 6.07) is 7.30. The van der Waals surface area contributed by atoms with E-state index in [2.05, 4.69) is 0 Å². The third-order valence-electron chi connectivity index (χ3n) is 2.29. The van der Waals surface area contributed by atoms with E-state index in [4.69, 9.17) is 14.2 Å². The van der Waals surface area contributed by atoms with E-state index < -0.39 is 37.3 Å². The summed E-state index contributed by atoms with van der Waals surface area (Å²) in [6.07, 6.45) is -0.859. The largest absolute Gasteiger partial charge is 0.375 e. The average molecular weight is 296 g/mol. The van der Waals surface area contributed by atoms with E-state index in [9.17, 15) is 16.8 Å². The molecule has 0 aliphatic carbocycles. The third kappa shape index (κ3) is 4.03. The van der Waals surface area contributed by atoms with Crippen LogP contribution in [0.3, 0.4) is 0 Å². The van der Waals surface area contributed by atoms with E-state index in [-0.39, 0.29) is 5.56 Å². The Balaban J connectivity index is 3.11. The summed E-state index contributed by atoms with van der Waals surface area (Å²) in [5.41, 5.74) is -2.17. The molecule has 0 amide bonds. The van der Waals surface area contributed by atoms with Gasteiger partial charge in [0.25, 0.3) is 20.2 Å². The fraction of sp³-hybridized carbons (Fsp3) is 0.333. The van der Waals surface area contributed by atoms with Gasteiger partial charge in [-0.1, -0.05) is 30.3 Å². The maximum absolute atomic E-state index is 11.2. The minimum Gasteiger partial charge on any atom is -0.375 e. The maximum Gasteiger partial charge on any atom is 0.292 e. The van der Waals surface area contributed by atoms with Crippen molar-refractivity contribution in [1.82, 2.24) is 0 Å². The van der Waals surface area contributed by atoms with Crippen molar-refractivity contribution in [3.05, 3.63) is 35.9 Å². The minimum atomic E-state index is -4.79. The van der Waals surface area contributed by atoms with Crippen molar-refractivity contribution in [2.45, 2.75) is 17.1 Å². The molecule has 102 valence electrons. The Morgan fingerprint density at radius 3 is 1.83 bits per heavy atom. The van der Waals surface area contributed by atoms with Gasteiger partial charge in [0.15, 0.2) is 5.44 Å². The van der Waals surface area contributed by atoms with Crippen molar-refractivity contribution < 1.29 is 31.0 Å². The van der Waals surface area contributed by atoms with Gasteiger partial charge in [-0.25, -0.2) is 0 Å². The van der Waals surface area contributed by atoms with Crippen LogP contribution in [0, 0.1) is 0 Å². The molecule has 18 heavy (non-hydrogen) atoms. The Morgan fingerprint density at radius 2 is 1.44 bits per heavy atom. The number of rotatable bonds is 5. The second-order valence-electron chi connectivity index (χ2n) is 3.62. The first kappa shape index (κ1) is 15.1. The Hall–Kier alpha value is -1.00. The molecule has 0 aromatic heterocycles. The standard InChI is InChI=1S/C9H12O7S2/c10-9(18(14,15)16)6-8(17(11,12)13)7-4-2-1-3-5-7/h1-5,8-10H,6H2,(H,11,12,13)(H,14,15,16)/t8-,9-/m1/s1. The van der Waals surface area contributed by atoms with Crippen LogP contribution in [0.5, 0.6) is 0 Å². The topological polar surface area (TPSA) is 129 Å². The van der Waals surface area contributed by atoms with Crippen molar-refractivity contribution in [2.24, 2.45) is 0 Å². The normalized spacial score (nSPS) is 16.2. The van der Waals surface area contributed by atoms with Crippen LogP contribution in [0.2, 0.25) is 0 Å². The molecular weight excluding hydrogens is 284 g/mol. The summed E-state index contributed by atoms with van der Waals surface area (Å²) in [7, 11) is -9.40.